The lowest BCUT2D eigenvalue weighted by molar-refractivity contribution is 0.0600. The van der Waals surface area contributed by atoms with Gasteiger partial charge in [0.05, 0.1) is 23.8 Å². The van der Waals surface area contributed by atoms with Crippen molar-refractivity contribution in [3.8, 4) is 5.75 Å². The van der Waals surface area contributed by atoms with Gasteiger partial charge in [0.15, 0.2) is 0 Å². The summed E-state index contributed by atoms with van der Waals surface area (Å²) in [4.78, 5) is 11.5. The summed E-state index contributed by atoms with van der Waals surface area (Å²) in [5.74, 6) is 0.361. The van der Waals surface area contributed by atoms with Crippen LogP contribution in [-0.2, 0) is 11.2 Å². The van der Waals surface area contributed by atoms with E-state index in [2.05, 4.69) is 48.0 Å². The van der Waals surface area contributed by atoms with Crippen molar-refractivity contribution in [2.75, 3.05) is 13.7 Å². The van der Waals surface area contributed by atoms with Crippen LogP contribution in [0.5, 0.6) is 5.75 Å². The summed E-state index contributed by atoms with van der Waals surface area (Å²) in [5.41, 5.74) is 4.29. The van der Waals surface area contributed by atoms with Crippen molar-refractivity contribution in [2.24, 2.45) is 0 Å². The quantitative estimate of drug-likeness (QED) is 0.735. The molecule has 0 bridgehead atoms. The first-order valence-electron chi connectivity index (χ1n) is 7.07. The lowest BCUT2D eigenvalue weighted by Gasteiger charge is -2.10. The number of benzene rings is 2. The van der Waals surface area contributed by atoms with Gasteiger partial charge in [-0.25, -0.2) is 4.79 Å². The van der Waals surface area contributed by atoms with Gasteiger partial charge < -0.3 is 9.47 Å². The Morgan fingerprint density at radius 2 is 1.77 bits per heavy atom. The zero-order valence-corrected chi connectivity index (χ0v) is 14.6. The largest absolute Gasteiger partial charge is 0.492 e. The summed E-state index contributed by atoms with van der Waals surface area (Å²) in [6.45, 7) is 4.78. The second-order valence-electron chi connectivity index (χ2n) is 5.23. The molecule has 0 aliphatic carbocycles. The third-order valence-electron chi connectivity index (χ3n) is 3.28. The fraction of sp³-hybridized carbons (Fsp3) is 0.278. The molecule has 116 valence electrons. The number of carbonyl (C=O) groups is 1. The number of carbonyl (C=O) groups excluding carboxylic acids is 1. The molecule has 0 N–H and O–H groups in total. The van der Waals surface area contributed by atoms with Gasteiger partial charge in [-0.05, 0) is 53.5 Å². The lowest BCUT2D eigenvalue weighted by atomic mass is 10.1. The number of hydrogen-bond donors (Lipinski definition) is 0. The molecular formula is C18H19BrO3. The minimum atomic E-state index is -0.359. The zero-order valence-electron chi connectivity index (χ0n) is 13.0. The molecule has 0 atom stereocenters. The molecule has 4 heteroatoms. The smallest absolute Gasteiger partial charge is 0.337 e. The summed E-state index contributed by atoms with van der Waals surface area (Å²) in [5, 5.41) is 0. The molecule has 2 rings (SSSR count). The molecule has 3 nitrogen and oxygen atoms in total. The zero-order chi connectivity index (χ0) is 16.1. The van der Waals surface area contributed by atoms with Crippen molar-refractivity contribution >= 4 is 21.9 Å². The number of aryl methyl sites for hydroxylation is 2. The molecule has 22 heavy (non-hydrogen) atoms. The van der Waals surface area contributed by atoms with Gasteiger partial charge in [-0.2, -0.15) is 0 Å². The number of rotatable bonds is 5. The Balaban J connectivity index is 1.98. The van der Waals surface area contributed by atoms with Crippen LogP contribution in [0.1, 0.15) is 27.0 Å². The number of esters is 1. The Hall–Kier alpha value is -1.81. The first-order valence-corrected chi connectivity index (χ1v) is 7.86. The van der Waals surface area contributed by atoms with E-state index < -0.39 is 0 Å². The molecule has 0 saturated carbocycles. The molecule has 0 saturated heterocycles. The number of hydrogen-bond acceptors (Lipinski definition) is 3. The molecule has 0 radical (unpaired) electrons. The van der Waals surface area contributed by atoms with E-state index in [4.69, 9.17) is 9.47 Å². The molecule has 0 aliphatic rings. The number of halogens is 1. The first-order chi connectivity index (χ1) is 10.5. The van der Waals surface area contributed by atoms with Crippen LogP contribution in [-0.4, -0.2) is 19.7 Å². The van der Waals surface area contributed by atoms with E-state index in [0.29, 0.717) is 12.2 Å². The third kappa shape index (κ3) is 4.34. The number of ether oxygens (including phenoxy) is 2. The van der Waals surface area contributed by atoms with E-state index in [1.807, 2.05) is 0 Å². The predicted molar refractivity (Wildman–Crippen MR) is 90.6 cm³/mol. The molecule has 0 aliphatic heterocycles. The van der Waals surface area contributed by atoms with Crippen LogP contribution in [0.25, 0.3) is 0 Å². The maximum atomic E-state index is 11.5. The maximum Gasteiger partial charge on any atom is 0.337 e. The van der Waals surface area contributed by atoms with Gasteiger partial charge in [0.2, 0.25) is 0 Å². The van der Waals surface area contributed by atoms with Gasteiger partial charge in [0.1, 0.15) is 5.75 Å². The molecule has 0 aromatic heterocycles. The fourth-order valence-corrected chi connectivity index (χ4v) is 2.85. The Bertz CT molecular complexity index is 660. The van der Waals surface area contributed by atoms with Crippen LogP contribution in [0.15, 0.2) is 40.9 Å². The van der Waals surface area contributed by atoms with Crippen LogP contribution in [0, 0.1) is 13.8 Å². The topological polar surface area (TPSA) is 35.5 Å². The molecule has 0 fully saturated rings. The van der Waals surface area contributed by atoms with Gasteiger partial charge in [-0.3, -0.25) is 0 Å². The monoisotopic (exact) mass is 362 g/mol. The van der Waals surface area contributed by atoms with Gasteiger partial charge in [0, 0.05) is 6.42 Å². The standard InChI is InChI=1S/C18H19BrO3/c1-12-8-13(2)10-14(9-12)6-7-22-17-5-4-15(11-16(17)19)18(20)21-3/h4-5,8-11H,6-7H2,1-3H3. The fourth-order valence-electron chi connectivity index (χ4n) is 2.35. The average molecular weight is 363 g/mol. The molecule has 0 heterocycles. The van der Waals surface area contributed by atoms with E-state index >= 15 is 0 Å². The van der Waals surface area contributed by atoms with Gasteiger partial charge in [-0.1, -0.05) is 29.3 Å². The predicted octanol–water partition coefficient (Wildman–Crippen LogP) is 4.47. The first kappa shape index (κ1) is 16.6. The van der Waals surface area contributed by atoms with E-state index in [0.717, 1.165) is 16.6 Å². The third-order valence-corrected chi connectivity index (χ3v) is 3.90. The average Bonchev–Trinajstić information content (AvgIpc) is 2.47. The van der Waals surface area contributed by atoms with Gasteiger partial charge in [0.25, 0.3) is 0 Å². The molecule has 0 unspecified atom stereocenters. The van der Waals surface area contributed by atoms with E-state index in [1.54, 1.807) is 18.2 Å². The molecule has 0 amide bonds. The maximum absolute atomic E-state index is 11.5. The van der Waals surface area contributed by atoms with Crippen molar-refractivity contribution in [3.05, 3.63) is 63.1 Å². The SMILES string of the molecule is COC(=O)c1ccc(OCCc2cc(C)cc(C)c2)c(Br)c1. The second kappa shape index (κ2) is 7.45. The van der Waals surface area contributed by atoms with Crippen LogP contribution in [0.3, 0.4) is 0 Å². The summed E-state index contributed by atoms with van der Waals surface area (Å²) in [7, 11) is 1.37. The van der Waals surface area contributed by atoms with E-state index in [1.165, 1.54) is 23.8 Å². The summed E-state index contributed by atoms with van der Waals surface area (Å²) < 4.78 is 11.2. The summed E-state index contributed by atoms with van der Waals surface area (Å²) in [6, 6.07) is 11.7. The minimum absolute atomic E-state index is 0.359. The summed E-state index contributed by atoms with van der Waals surface area (Å²) in [6.07, 6.45) is 0.841. The van der Waals surface area contributed by atoms with E-state index in [9.17, 15) is 4.79 Å². The Morgan fingerprint density at radius 3 is 2.36 bits per heavy atom. The number of methoxy groups -OCH3 is 1. The van der Waals surface area contributed by atoms with Crippen molar-refractivity contribution < 1.29 is 14.3 Å². The normalized spacial score (nSPS) is 10.4. The highest BCUT2D eigenvalue weighted by Crippen LogP contribution is 2.26. The Labute approximate surface area is 139 Å². The van der Waals surface area contributed by atoms with Crippen LogP contribution in [0.2, 0.25) is 0 Å². The minimum Gasteiger partial charge on any atom is -0.492 e. The summed E-state index contributed by atoms with van der Waals surface area (Å²) >= 11 is 3.42. The van der Waals surface area contributed by atoms with Crippen molar-refractivity contribution in [1.29, 1.82) is 0 Å². The van der Waals surface area contributed by atoms with Crippen molar-refractivity contribution in [3.63, 3.8) is 0 Å². The Morgan fingerprint density at radius 1 is 1.09 bits per heavy atom. The van der Waals surface area contributed by atoms with E-state index in [-0.39, 0.29) is 5.97 Å². The highest BCUT2D eigenvalue weighted by molar-refractivity contribution is 9.10. The Kier molecular flexibility index (Phi) is 5.61. The van der Waals surface area contributed by atoms with Crippen molar-refractivity contribution in [1.82, 2.24) is 0 Å². The molecule has 2 aromatic rings. The van der Waals surface area contributed by atoms with Crippen LogP contribution in [0.4, 0.5) is 0 Å². The second-order valence-corrected chi connectivity index (χ2v) is 6.09. The molecule has 0 spiro atoms. The van der Waals surface area contributed by atoms with Gasteiger partial charge in [-0.15, -0.1) is 0 Å². The highest BCUT2D eigenvalue weighted by atomic mass is 79.9. The van der Waals surface area contributed by atoms with Gasteiger partial charge >= 0.3 is 5.97 Å². The molecular weight excluding hydrogens is 344 g/mol. The highest BCUT2D eigenvalue weighted by Gasteiger charge is 2.09. The van der Waals surface area contributed by atoms with Crippen LogP contribution < -0.4 is 4.74 Å². The molecule has 2 aromatic carbocycles. The lowest BCUT2D eigenvalue weighted by Crippen LogP contribution is -2.04. The van der Waals surface area contributed by atoms with Crippen LogP contribution >= 0.6 is 15.9 Å². The van der Waals surface area contributed by atoms with Crippen molar-refractivity contribution in [2.45, 2.75) is 20.3 Å².